The van der Waals surface area contributed by atoms with E-state index >= 15 is 0 Å². The lowest BCUT2D eigenvalue weighted by Gasteiger charge is -2.36. The summed E-state index contributed by atoms with van der Waals surface area (Å²) in [6.45, 7) is 5.47. The van der Waals surface area contributed by atoms with Crippen molar-refractivity contribution in [1.82, 2.24) is 14.7 Å². The van der Waals surface area contributed by atoms with Gasteiger partial charge < -0.3 is 19.4 Å². The third-order valence-corrected chi connectivity index (χ3v) is 4.76. The Kier molecular flexibility index (Phi) is 5.98. The van der Waals surface area contributed by atoms with Crippen LogP contribution in [0.3, 0.4) is 0 Å². The van der Waals surface area contributed by atoms with Crippen molar-refractivity contribution in [3.8, 4) is 0 Å². The molecule has 130 valence electrons. The molecule has 7 heteroatoms. The van der Waals surface area contributed by atoms with Crippen molar-refractivity contribution in [2.24, 2.45) is 5.92 Å². The lowest BCUT2D eigenvalue weighted by molar-refractivity contribution is -0.149. The molecule has 2 fully saturated rings. The van der Waals surface area contributed by atoms with Crippen LogP contribution in [0.1, 0.15) is 26.2 Å². The molecule has 0 aromatic heterocycles. The highest BCUT2D eigenvalue weighted by Crippen LogP contribution is 2.23. The molecule has 0 radical (unpaired) electrons. The highest BCUT2D eigenvalue weighted by Gasteiger charge is 2.38. The van der Waals surface area contributed by atoms with Crippen molar-refractivity contribution >= 4 is 17.8 Å². The molecule has 0 N–H and O–H groups in total. The van der Waals surface area contributed by atoms with Gasteiger partial charge in [0.05, 0.1) is 13.5 Å². The number of likely N-dealkylation sites (tertiary alicyclic amines) is 1. The van der Waals surface area contributed by atoms with Crippen LogP contribution in [0.5, 0.6) is 0 Å². The number of hydrogen-bond donors (Lipinski definition) is 0. The molecule has 0 bridgehead atoms. The number of hydrogen-bond acceptors (Lipinski definition) is 5. The molecule has 2 rings (SSSR count). The summed E-state index contributed by atoms with van der Waals surface area (Å²) in [5, 5.41) is 0. The second-order valence-electron chi connectivity index (χ2n) is 6.50. The second kappa shape index (κ2) is 7.77. The second-order valence-corrected chi connectivity index (χ2v) is 6.50. The van der Waals surface area contributed by atoms with E-state index in [2.05, 4.69) is 9.64 Å². The average molecular weight is 325 g/mol. The van der Waals surface area contributed by atoms with Gasteiger partial charge in [0.2, 0.25) is 11.8 Å². The summed E-state index contributed by atoms with van der Waals surface area (Å²) in [5.41, 5.74) is 0. The first-order chi connectivity index (χ1) is 10.9. The quantitative estimate of drug-likeness (QED) is 0.678. The summed E-state index contributed by atoms with van der Waals surface area (Å²) in [6, 6.07) is -0.369. The smallest absolute Gasteiger partial charge is 0.306 e. The summed E-state index contributed by atoms with van der Waals surface area (Å²) in [5.74, 6) is -0.926. The first-order valence-electron chi connectivity index (χ1n) is 8.28. The van der Waals surface area contributed by atoms with Gasteiger partial charge in [0.15, 0.2) is 0 Å². The SMILES string of the molecule is COC(=O)CC(C)C(=O)N1CCCC1C(=O)N1CCN(C)CC1. The predicted octanol–water partition coefficient (Wildman–Crippen LogP) is -0.0494. The first-order valence-corrected chi connectivity index (χ1v) is 8.28. The number of carbonyl (C=O) groups is 3. The largest absolute Gasteiger partial charge is 0.469 e. The molecule has 0 saturated carbocycles. The number of esters is 1. The zero-order valence-electron chi connectivity index (χ0n) is 14.3. The van der Waals surface area contributed by atoms with Crippen LogP contribution in [0, 0.1) is 5.92 Å². The number of likely N-dealkylation sites (N-methyl/N-ethyl adjacent to an activating group) is 1. The first kappa shape index (κ1) is 17.7. The standard InChI is InChI=1S/C16H27N3O4/c1-12(11-14(20)23-3)15(21)19-6-4-5-13(19)16(22)18-9-7-17(2)8-10-18/h12-13H,4-11H2,1-3H3. The van der Waals surface area contributed by atoms with Crippen LogP contribution in [-0.2, 0) is 19.1 Å². The van der Waals surface area contributed by atoms with Crippen LogP contribution in [-0.4, -0.2) is 85.4 Å². The number of carbonyl (C=O) groups excluding carboxylic acids is 3. The topological polar surface area (TPSA) is 70.2 Å². The Labute approximate surface area is 137 Å². The molecule has 2 amide bonds. The van der Waals surface area contributed by atoms with Gasteiger partial charge >= 0.3 is 5.97 Å². The molecule has 2 aliphatic heterocycles. The van der Waals surface area contributed by atoms with Crippen molar-refractivity contribution in [2.75, 3.05) is 46.9 Å². The monoisotopic (exact) mass is 325 g/mol. The number of piperazine rings is 1. The van der Waals surface area contributed by atoms with Gasteiger partial charge in [0, 0.05) is 38.6 Å². The van der Waals surface area contributed by atoms with E-state index in [9.17, 15) is 14.4 Å². The Morgan fingerprint density at radius 2 is 1.78 bits per heavy atom. The molecule has 23 heavy (non-hydrogen) atoms. The van der Waals surface area contributed by atoms with E-state index in [1.165, 1.54) is 7.11 Å². The van der Waals surface area contributed by atoms with Crippen molar-refractivity contribution in [3.63, 3.8) is 0 Å². The van der Waals surface area contributed by atoms with Crippen LogP contribution in [0.2, 0.25) is 0 Å². The molecular weight excluding hydrogens is 298 g/mol. The van der Waals surface area contributed by atoms with Crippen molar-refractivity contribution in [1.29, 1.82) is 0 Å². The van der Waals surface area contributed by atoms with Gasteiger partial charge in [0.1, 0.15) is 6.04 Å². The van der Waals surface area contributed by atoms with Gasteiger partial charge in [0.25, 0.3) is 0 Å². The number of rotatable bonds is 4. The summed E-state index contributed by atoms with van der Waals surface area (Å²) in [6.07, 6.45) is 1.60. The maximum absolute atomic E-state index is 12.7. The van der Waals surface area contributed by atoms with Gasteiger partial charge in [-0.3, -0.25) is 14.4 Å². The third-order valence-electron chi connectivity index (χ3n) is 4.76. The van der Waals surface area contributed by atoms with E-state index in [1.54, 1.807) is 11.8 Å². The number of amides is 2. The van der Waals surface area contributed by atoms with Crippen molar-refractivity contribution < 1.29 is 19.1 Å². The Balaban J connectivity index is 1.97. The van der Waals surface area contributed by atoms with Gasteiger partial charge in [-0.05, 0) is 19.9 Å². The molecule has 2 heterocycles. The molecule has 0 aliphatic carbocycles. The van der Waals surface area contributed by atoms with Crippen LogP contribution >= 0.6 is 0 Å². The van der Waals surface area contributed by atoms with E-state index in [0.29, 0.717) is 26.1 Å². The molecule has 2 unspecified atom stereocenters. The fraction of sp³-hybridized carbons (Fsp3) is 0.812. The Bertz CT molecular complexity index is 460. The zero-order chi connectivity index (χ0) is 17.0. The highest BCUT2D eigenvalue weighted by atomic mass is 16.5. The summed E-state index contributed by atoms with van der Waals surface area (Å²) < 4.78 is 4.62. The molecule has 7 nitrogen and oxygen atoms in total. The molecular formula is C16H27N3O4. The van der Waals surface area contributed by atoms with E-state index in [4.69, 9.17) is 0 Å². The maximum Gasteiger partial charge on any atom is 0.306 e. The summed E-state index contributed by atoms with van der Waals surface area (Å²) >= 11 is 0. The predicted molar refractivity (Wildman–Crippen MR) is 84.6 cm³/mol. The van der Waals surface area contributed by atoms with E-state index < -0.39 is 11.9 Å². The molecule has 0 aromatic carbocycles. The number of nitrogens with zero attached hydrogens (tertiary/aromatic N) is 3. The van der Waals surface area contributed by atoms with Crippen molar-refractivity contribution in [3.05, 3.63) is 0 Å². The zero-order valence-corrected chi connectivity index (χ0v) is 14.3. The van der Waals surface area contributed by atoms with Crippen LogP contribution in [0.15, 0.2) is 0 Å². The van der Waals surface area contributed by atoms with E-state index in [1.807, 2.05) is 11.9 Å². The van der Waals surface area contributed by atoms with E-state index in [0.717, 1.165) is 19.5 Å². The van der Waals surface area contributed by atoms with Crippen LogP contribution in [0.4, 0.5) is 0 Å². The maximum atomic E-state index is 12.7. The van der Waals surface area contributed by atoms with Crippen LogP contribution < -0.4 is 0 Å². The highest BCUT2D eigenvalue weighted by molar-refractivity contribution is 5.90. The minimum atomic E-state index is -0.455. The van der Waals surface area contributed by atoms with Gasteiger partial charge in [-0.1, -0.05) is 6.92 Å². The fourth-order valence-electron chi connectivity index (χ4n) is 3.23. The lowest BCUT2D eigenvalue weighted by atomic mass is 10.1. The van der Waals surface area contributed by atoms with Gasteiger partial charge in [-0.2, -0.15) is 0 Å². The fourth-order valence-corrected chi connectivity index (χ4v) is 3.23. The molecule has 0 aromatic rings. The van der Waals surface area contributed by atoms with E-state index in [-0.39, 0.29) is 24.3 Å². The van der Waals surface area contributed by atoms with Crippen molar-refractivity contribution in [2.45, 2.75) is 32.2 Å². The van der Waals surface area contributed by atoms with Gasteiger partial charge in [-0.15, -0.1) is 0 Å². The Hall–Kier alpha value is -1.63. The molecule has 0 spiro atoms. The number of ether oxygens (including phenoxy) is 1. The average Bonchev–Trinajstić information content (AvgIpc) is 3.03. The Morgan fingerprint density at radius 3 is 2.39 bits per heavy atom. The van der Waals surface area contributed by atoms with Crippen LogP contribution in [0.25, 0.3) is 0 Å². The normalized spacial score (nSPS) is 23.7. The Morgan fingerprint density at radius 1 is 1.13 bits per heavy atom. The van der Waals surface area contributed by atoms with Gasteiger partial charge in [-0.25, -0.2) is 0 Å². The minimum Gasteiger partial charge on any atom is -0.469 e. The summed E-state index contributed by atoms with van der Waals surface area (Å²) in [7, 11) is 3.36. The lowest BCUT2D eigenvalue weighted by Crippen LogP contribution is -2.54. The third kappa shape index (κ3) is 4.22. The number of methoxy groups -OCH3 is 1. The minimum absolute atomic E-state index is 0.0502. The molecule has 2 saturated heterocycles. The molecule has 2 aliphatic rings. The summed E-state index contributed by atoms with van der Waals surface area (Å²) in [4.78, 5) is 42.4. The molecule has 2 atom stereocenters.